The first-order valence-corrected chi connectivity index (χ1v) is 6.07. The van der Waals surface area contributed by atoms with Gasteiger partial charge in [0.05, 0.1) is 12.0 Å². The van der Waals surface area contributed by atoms with Crippen molar-refractivity contribution in [3.63, 3.8) is 0 Å². The maximum atomic E-state index is 11.3. The summed E-state index contributed by atoms with van der Waals surface area (Å²) in [6.45, 7) is 11.4. The lowest BCUT2D eigenvalue weighted by molar-refractivity contribution is -0.316. The standard InChI is InChI=1S/C13H25NO4.ClH/c1-12(2,3)14(13(4,5)6)9(11(17)18)7-8-10(15)16;/h9H,7-8H2,1-6H3,(H,15,16)(H,17,18);1H/p-2. The predicted molar refractivity (Wildman–Crippen MR) is 71.6 cm³/mol. The summed E-state index contributed by atoms with van der Waals surface area (Å²) in [5.74, 6) is -2.50. The van der Waals surface area contributed by atoms with Crippen LogP contribution in [0.5, 0.6) is 0 Å². The maximum Gasteiger partial charge on any atom is 0.0587 e. The van der Waals surface area contributed by atoms with Crippen LogP contribution in [0.1, 0.15) is 54.4 Å². The monoisotopic (exact) mass is 293 g/mol. The SMILES string of the molecule is CC(C)(C)N(C(CCC(=O)[O-])C(=O)[O-])C(C)(C)C.Cl. The third-order valence-corrected chi connectivity index (χ3v) is 2.65. The minimum atomic E-state index is -1.25. The fraction of sp³-hybridized carbons (Fsp3) is 0.846. The number of hydrogen-bond donors (Lipinski definition) is 0. The normalized spacial score (nSPS) is 13.8. The molecule has 0 saturated heterocycles. The lowest BCUT2D eigenvalue weighted by Crippen LogP contribution is -2.62. The van der Waals surface area contributed by atoms with E-state index in [4.69, 9.17) is 0 Å². The zero-order chi connectivity index (χ0) is 14.7. The molecule has 0 aliphatic heterocycles. The van der Waals surface area contributed by atoms with Crippen LogP contribution in [0.4, 0.5) is 0 Å². The summed E-state index contributed by atoms with van der Waals surface area (Å²) >= 11 is 0. The van der Waals surface area contributed by atoms with Gasteiger partial charge in [-0.25, -0.2) is 0 Å². The van der Waals surface area contributed by atoms with Crippen LogP contribution >= 0.6 is 12.4 Å². The average Bonchev–Trinajstić information content (AvgIpc) is 2.06. The van der Waals surface area contributed by atoms with Gasteiger partial charge in [0.1, 0.15) is 0 Å². The van der Waals surface area contributed by atoms with Crippen LogP contribution in [0.3, 0.4) is 0 Å². The van der Waals surface area contributed by atoms with Crippen LogP contribution in [-0.4, -0.2) is 34.0 Å². The molecule has 1 atom stereocenters. The molecule has 0 aliphatic rings. The minimum absolute atomic E-state index is 0. The Morgan fingerprint density at radius 3 is 1.58 bits per heavy atom. The Balaban J connectivity index is 0. The molecule has 0 aliphatic carbocycles. The zero-order valence-corrected chi connectivity index (χ0v) is 13.3. The van der Waals surface area contributed by atoms with Crippen LogP contribution in [0.15, 0.2) is 0 Å². The first-order chi connectivity index (χ1) is 7.87. The lowest BCUT2D eigenvalue weighted by Gasteiger charge is -2.50. The van der Waals surface area contributed by atoms with Crippen molar-refractivity contribution in [1.82, 2.24) is 4.90 Å². The highest BCUT2D eigenvalue weighted by molar-refractivity contribution is 5.85. The van der Waals surface area contributed by atoms with Crippen LogP contribution in [0.2, 0.25) is 0 Å². The summed E-state index contributed by atoms with van der Waals surface area (Å²) in [6, 6.07) is -0.942. The number of carboxylic acid groups (broad SMARTS) is 2. The van der Waals surface area contributed by atoms with E-state index in [1.807, 2.05) is 41.5 Å². The largest absolute Gasteiger partial charge is 0.550 e. The van der Waals surface area contributed by atoms with Crippen molar-refractivity contribution in [2.24, 2.45) is 0 Å². The summed E-state index contributed by atoms with van der Waals surface area (Å²) in [4.78, 5) is 23.6. The molecule has 0 rings (SSSR count). The van der Waals surface area contributed by atoms with E-state index < -0.39 is 29.1 Å². The molecule has 0 amide bonds. The molecule has 1 unspecified atom stereocenters. The van der Waals surface area contributed by atoms with Gasteiger partial charge in [-0.15, -0.1) is 12.4 Å². The molecule has 5 nitrogen and oxygen atoms in total. The smallest absolute Gasteiger partial charge is 0.0587 e. The number of halogens is 1. The van der Waals surface area contributed by atoms with Crippen LogP contribution in [-0.2, 0) is 9.59 Å². The molecule has 0 aromatic heterocycles. The Labute approximate surface area is 121 Å². The molecule has 0 saturated carbocycles. The van der Waals surface area contributed by atoms with Gasteiger partial charge in [-0.3, -0.25) is 4.90 Å². The summed E-state index contributed by atoms with van der Waals surface area (Å²) in [7, 11) is 0. The molecule has 0 aromatic rings. The van der Waals surface area contributed by atoms with Crippen molar-refractivity contribution >= 4 is 24.3 Å². The Morgan fingerprint density at radius 2 is 1.37 bits per heavy atom. The van der Waals surface area contributed by atoms with Crippen molar-refractivity contribution in [3.8, 4) is 0 Å². The molecule has 19 heavy (non-hydrogen) atoms. The average molecular weight is 294 g/mol. The van der Waals surface area contributed by atoms with Gasteiger partial charge in [0.25, 0.3) is 0 Å². The molecule has 0 N–H and O–H groups in total. The highest BCUT2D eigenvalue weighted by Crippen LogP contribution is 2.29. The number of carbonyl (C=O) groups excluding carboxylic acids is 2. The van der Waals surface area contributed by atoms with E-state index in [1.54, 1.807) is 4.90 Å². The van der Waals surface area contributed by atoms with E-state index in [1.165, 1.54) is 0 Å². The molecule has 0 radical (unpaired) electrons. The molecule has 0 spiro atoms. The van der Waals surface area contributed by atoms with E-state index in [0.717, 1.165) is 0 Å². The topological polar surface area (TPSA) is 83.5 Å². The van der Waals surface area contributed by atoms with E-state index in [2.05, 4.69) is 0 Å². The van der Waals surface area contributed by atoms with Gasteiger partial charge in [-0.2, -0.15) is 0 Å². The predicted octanol–water partition coefficient (Wildman–Crippen LogP) is -0.0442. The fourth-order valence-corrected chi connectivity index (χ4v) is 2.55. The summed E-state index contributed by atoms with van der Waals surface area (Å²) in [6.07, 6.45) is -0.305. The van der Waals surface area contributed by atoms with Gasteiger partial charge in [0.2, 0.25) is 0 Å². The first kappa shape index (κ1) is 20.5. The van der Waals surface area contributed by atoms with Crippen molar-refractivity contribution in [2.75, 3.05) is 0 Å². The van der Waals surface area contributed by atoms with Gasteiger partial charge in [0, 0.05) is 17.0 Å². The molecule has 0 heterocycles. The number of nitrogens with zero attached hydrogens (tertiary/aromatic N) is 1. The van der Waals surface area contributed by atoms with Gasteiger partial charge in [-0.05, 0) is 54.4 Å². The number of carbonyl (C=O) groups is 2. The number of aliphatic carboxylic acids is 2. The molecular formula is C13H24ClNO4-2. The van der Waals surface area contributed by atoms with E-state index in [0.29, 0.717) is 0 Å². The Hall–Kier alpha value is -0.810. The molecule has 114 valence electrons. The van der Waals surface area contributed by atoms with Gasteiger partial charge >= 0.3 is 0 Å². The lowest BCUT2D eigenvalue weighted by atomic mass is 9.91. The second-order valence-electron chi connectivity index (χ2n) is 6.46. The van der Waals surface area contributed by atoms with Crippen molar-refractivity contribution < 1.29 is 19.8 Å². The van der Waals surface area contributed by atoms with Crippen molar-refractivity contribution in [1.29, 1.82) is 0 Å². The van der Waals surface area contributed by atoms with Gasteiger partial charge < -0.3 is 19.8 Å². The van der Waals surface area contributed by atoms with E-state index in [-0.39, 0.29) is 25.2 Å². The second-order valence-corrected chi connectivity index (χ2v) is 6.46. The molecule has 0 aromatic carbocycles. The molecular weight excluding hydrogens is 270 g/mol. The highest BCUT2D eigenvalue weighted by atomic mass is 35.5. The molecule has 0 fully saturated rings. The Bertz CT molecular complexity index is 304. The number of hydrogen-bond acceptors (Lipinski definition) is 5. The molecule has 6 heteroatoms. The van der Waals surface area contributed by atoms with Gasteiger partial charge in [-0.1, -0.05) is 0 Å². The summed E-state index contributed by atoms with van der Waals surface area (Å²) < 4.78 is 0. The molecule has 0 bridgehead atoms. The van der Waals surface area contributed by atoms with E-state index >= 15 is 0 Å². The Kier molecular flexibility index (Phi) is 7.66. The number of carboxylic acids is 2. The fourth-order valence-electron chi connectivity index (χ4n) is 2.55. The van der Waals surface area contributed by atoms with Gasteiger partial charge in [0.15, 0.2) is 0 Å². The third-order valence-electron chi connectivity index (χ3n) is 2.65. The van der Waals surface area contributed by atoms with Crippen molar-refractivity contribution in [2.45, 2.75) is 71.5 Å². The first-order valence-electron chi connectivity index (χ1n) is 6.07. The highest BCUT2D eigenvalue weighted by Gasteiger charge is 2.37. The van der Waals surface area contributed by atoms with E-state index in [9.17, 15) is 19.8 Å². The summed E-state index contributed by atoms with van der Waals surface area (Å²) in [5.41, 5.74) is -0.816. The second kappa shape index (κ2) is 7.10. The van der Waals surface area contributed by atoms with Crippen LogP contribution in [0, 0.1) is 0 Å². The summed E-state index contributed by atoms with van der Waals surface area (Å²) in [5, 5.41) is 21.8. The minimum Gasteiger partial charge on any atom is -0.550 e. The quantitative estimate of drug-likeness (QED) is 0.710. The van der Waals surface area contributed by atoms with Crippen LogP contribution in [0.25, 0.3) is 0 Å². The van der Waals surface area contributed by atoms with Crippen molar-refractivity contribution in [3.05, 3.63) is 0 Å². The third kappa shape index (κ3) is 6.78. The number of rotatable bonds is 5. The van der Waals surface area contributed by atoms with Crippen LogP contribution < -0.4 is 10.2 Å². The zero-order valence-electron chi connectivity index (χ0n) is 12.5. The maximum absolute atomic E-state index is 11.3. The Morgan fingerprint density at radius 1 is 1.00 bits per heavy atom.